The summed E-state index contributed by atoms with van der Waals surface area (Å²) in [5, 5.41) is 2.43. The molecule has 0 bridgehead atoms. The van der Waals surface area contributed by atoms with Crippen molar-refractivity contribution in [1.29, 1.82) is 0 Å². The molecule has 0 saturated carbocycles. The largest absolute Gasteiger partial charge is 0.478 e. The fourth-order valence-corrected chi connectivity index (χ4v) is 1.42. The van der Waals surface area contributed by atoms with Crippen LogP contribution in [0.25, 0.3) is 0 Å². The Morgan fingerprint density at radius 3 is 2.40 bits per heavy atom. The fourth-order valence-electron chi connectivity index (χ4n) is 1.42. The smallest absolute Gasteiger partial charge is 0.325 e. The molecule has 20 heavy (non-hydrogen) atoms. The van der Waals surface area contributed by atoms with Crippen LogP contribution in [-0.2, 0) is 14.3 Å². The molecule has 0 aliphatic heterocycles. The predicted octanol–water partition coefficient (Wildman–Crippen LogP) is 1.66. The first kappa shape index (κ1) is 15.9. The van der Waals surface area contributed by atoms with E-state index in [1.807, 2.05) is 0 Å². The molecule has 1 rings (SSSR count). The van der Waals surface area contributed by atoms with Crippen molar-refractivity contribution in [2.45, 2.75) is 26.4 Å². The third-order valence-electron chi connectivity index (χ3n) is 2.43. The molecule has 5 nitrogen and oxygen atoms in total. The zero-order chi connectivity index (χ0) is 15.2. The summed E-state index contributed by atoms with van der Waals surface area (Å²) in [6.45, 7) is 4.82. The zero-order valence-corrected chi connectivity index (χ0v) is 11.7. The Bertz CT molecular complexity index is 471. The zero-order valence-electron chi connectivity index (χ0n) is 11.7. The Kier molecular flexibility index (Phi) is 5.49. The average molecular weight is 283 g/mol. The predicted molar refractivity (Wildman–Crippen MR) is 70.7 cm³/mol. The number of nitrogens with one attached hydrogen (secondary N) is 1. The fraction of sp³-hybridized carbons (Fsp3) is 0.429. The van der Waals surface area contributed by atoms with Crippen molar-refractivity contribution in [1.82, 2.24) is 5.32 Å². The Hall–Kier alpha value is -2.11. The van der Waals surface area contributed by atoms with Gasteiger partial charge in [-0.1, -0.05) is 0 Å². The summed E-state index contributed by atoms with van der Waals surface area (Å²) in [7, 11) is 0. The summed E-state index contributed by atoms with van der Waals surface area (Å²) in [6.07, 6.45) is 0. The highest BCUT2D eigenvalue weighted by atomic mass is 19.1. The molecule has 0 heterocycles. The van der Waals surface area contributed by atoms with Gasteiger partial charge in [0.05, 0.1) is 6.61 Å². The summed E-state index contributed by atoms with van der Waals surface area (Å²) >= 11 is 0. The van der Waals surface area contributed by atoms with Crippen LogP contribution in [0.15, 0.2) is 24.3 Å². The van der Waals surface area contributed by atoms with Gasteiger partial charge in [-0.25, -0.2) is 4.39 Å². The molecule has 0 radical (unpaired) electrons. The Morgan fingerprint density at radius 1 is 1.25 bits per heavy atom. The molecule has 0 atom stereocenters. The van der Waals surface area contributed by atoms with Gasteiger partial charge in [-0.15, -0.1) is 0 Å². The second-order valence-corrected chi connectivity index (χ2v) is 4.55. The number of carbonyl (C=O) groups excluding carboxylic acids is 2. The second-order valence-electron chi connectivity index (χ2n) is 4.55. The molecule has 0 aliphatic carbocycles. The lowest BCUT2D eigenvalue weighted by Gasteiger charge is -2.25. The molecule has 0 saturated heterocycles. The van der Waals surface area contributed by atoms with Crippen LogP contribution >= 0.6 is 0 Å². The molecule has 1 aromatic carbocycles. The molecule has 0 aromatic heterocycles. The number of carbonyl (C=O) groups is 2. The SMILES string of the molecule is CCOC(=O)CNC(=O)C(C)(C)Oc1ccc(F)cc1. The summed E-state index contributed by atoms with van der Waals surface area (Å²) in [5.41, 5.74) is -1.19. The van der Waals surface area contributed by atoms with E-state index in [9.17, 15) is 14.0 Å². The molecule has 0 fully saturated rings. The van der Waals surface area contributed by atoms with E-state index in [2.05, 4.69) is 5.32 Å². The number of benzene rings is 1. The Balaban J connectivity index is 2.56. The van der Waals surface area contributed by atoms with E-state index in [1.54, 1.807) is 20.8 Å². The highest BCUT2D eigenvalue weighted by Crippen LogP contribution is 2.18. The third kappa shape index (κ3) is 4.87. The van der Waals surface area contributed by atoms with Gasteiger partial charge in [0.1, 0.15) is 18.1 Å². The van der Waals surface area contributed by atoms with Crippen molar-refractivity contribution >= 4 is 11.9 Å². The minimum Gasteiger partial charge on any atom is -0.478 e. The third-order valence-corrected chi connectivity index (χ3v) is 2.43. The van der Waals surface area contributed by atoms with Crippen LogP contribution < -0.4 is 10.1 Å². The number of esters is 1. The van der Waals surface area contributed by atoms with Gasteiger partial charge in [-0.05, 0) is 45.0 Å². The van der Waals surface area contributed by atoms with Crippen LogP contribution in [0.2, 0.25) is 0 Å². The van der Waals surface area contributed by atoms with Crippen molar-refractivity contribution in [2.24, 2.45) is 0 Å². The second kappa shape index (κ2) is 6.88. The maximum atomic E-state index is 12.8. The summed E-state index contributed by atoms with van der Waals surface area (Å²) in [4.78, 5) is 23.1. The van der Waals surface area contributed by atoms with Crippen molar-refractivity contribution in [3.05, 3.63) is 30.1 Å². The van der Waals surface area contributed by atoms with Gasteiger partial charge in [0.25, 0.3) is 5.91 Å². The van der Waals surface area contributed by atoms with E-state index < -0.39 is 17.5 Å². The summed E-state index contributed by atoms with van der Waals surface area (Å²) in [5.74, 6) is -1.00. The number of rotatable bonds is 6. The Morgan fingerprint density at radius 2 is 1.85 bits per heavy atom. The molecule has 0 unspecified atom stereocenters. The number of halogens is 1. The Labute approximate surface area is 117 Å². The van der Waals surface area contributed by atoms with E-state index in [0.717, 1.165) is 0 Å². The van der Waals surface area contributed by atoms with Crippen LogP contribution in [0.1, 0.15) is 20.8 Å². The van der Waals surface area contributed by atoms with Crippen molar-refractivity contribution in [3.8, 4) is 5.75 Å². The molecule has 0 aliphatic rings. The molecular weight excluding hydrogens is 265 g/mol. The normalized spacial score (nSPS) is 10.8. The van der Waals surface area contributed by atoms with Gasteiger partial charge in [-0.2, -0.15) is 0 Å². The first-order chi connectivity index (χ1) is 9.35. The van der Waals surface area contributed by atoms with E-state index in [0.29, 0.717) is 5.75 Å². The minimum atomic E-state index is -1.19. The summed E-state index contributed by atoms with van der Waals surface area (Å²) < 4.78 is 23.0. The lowest BCUT2D eigenvalue weighted by Crippen LogP contribution is -2.48. The first-order valence-corrected chi connectivity index (χ1v) is 6.23. The van der Waals surface area contributed by atoms with E-state index >= 15 is 0 Å². The topological polar surface area (TPSA) is 64.6 Å². The van der Waals surface area contributed by atoms with Gasteiger partial charge < -0.3 is 14.8 Å². The van der Waals surface area contributed by atoms with Gasteiger partial charge in [0, 0.05) is 0 Å². The van der Waals surface area contributed by atoms with Crippen LogP contribution in [0.5, 0.6) is 5.75 Å². The maximum absolute atomic E-state index is 12.8. The van der Waals surface area contributed by atoms with Crippen LogP contribution in [0, 0.1) is 5.82 Å². The standard InChI is InChI=1S/C14H18FNO4/c1-4-19-12(17)9-16-13(18)14(2,3)20-11-7-5-10(15)6-8-11/h5-8H,4,9H2,1-3H3,(H,16,18). The number of hydrogen-bond donors (Lipinski definition) is 1. The van der Waals surface area contributed by atoms with Crippen LogP contribution in [-0.4, -0.2) is 30.6 Å². The molecule has 1 amide bonds. The van der Waals surface area contributed by atoms with E-state index in [-0.39, 0.29) is 19.0 Å². The van der Waals surface area contributed by atoms with E-state index in [1.165, 1.54) is 24.3 Å². The van der Waals surface area contributed by atoms with Crippen molar-refractivity contribution in [2.75, 3.05) is 13.2 Å². The highest BCUT2D eigenvalue weighted by Gasteiger charge is 2.30. The number of hydrogen-bond acceptors (Lipinski definition) is 4. The van der Waals surface area contributed by atoms with Gasteiger partial charge in [-0.3, -0.25) is 9.59 Å². The van der Waals surface area contributed by atoms with Gasteiger partial charge in [0.2, 0.25) is 0 Å². The number of ether oxygens (including phenoxy) is 2. The monoisotopic (exact) mass is 283 g/mol. The molecule has 1 N–H and O–H groups in total. The maximum Gasteiger partial charge on any atom is 0.325 e. The van der Waals surface area contributed by atoms with Crippen molar-refractivity contribution in [3.63, 3.8) is 0 Å². The van der Waals surface area contributed by atoms with Gasteiger partial charge >= 0.3 is 5.97 Å². The average Bonchev–Trinajstić information content (AvgIpc) is 2.38. The lowest BCUT2D eigenvalue weighted by atomic mass is 10.1. The number of amides is 1. The first-order valence-electron chi connectivity index (χ1n) is 6.23. The molecule has 6 heteroatoms. The van der Waals surface area contributed by atoms with Gasteiger partial charge in [0.15, 0.2) is 5.60 Å². The lowest BCUT2D eigenvalue weighted by molar-refractivity contribution is -0.145. The highest BCUT2D eigenvalue weighted by molar-refractivity contribution is 5.87. The molecule has 0 spiro atoms. The molecule has 110 valence electrons. The van der Waals surface area contributed by atoms with Crippen LogP contribution in [0.3, 0.4) is 0 Å². The van der Waals surface area contributed by atoms with E-state index in [4.69, 9.17) is 9.47 Å². The van der Waals surface area contributed by atoms with Crippen LogP contribution in [0.4, 0.5) is 4.39 Å². The quantitative estimate of drug-likeness (QED) is 0.806. The summed E-state index contributed by atoms with van der Waals surface area (Å²) in [6, 6.07) is 5.33. The molecule has 1 aromatic rings. The molecular formula is C14H18FNO4. The van der Waals surface area contributed by atoms with Crippen molar-refractivity contribution < 1.29 is 23.5 Å². The minimum absolute atomic E-state index is 0.219.